The minimum atomic E-state index is -0.205. The van der Waals surface area contributed by atoms with Gasteiger partial charge in [0.25, 0.3) is 0 Å². The molecule has 1 aliphatic heterocycles. The van der Waals surface area contributed by atoms with Crippen LogP contribution < -0.4 is 0 Å². The Morgan fingerprint density at radius 1 is 1.22 bits per heavy atom. The highest BCUT2D eigenvalue weighted by atomic mass is 79.9. The van der Waals surface area contributed by atoms with E-state index in [-0.39, 0.29) is 23.5 Å². The summed E-state index contributed by atoms with van der Waals surface area (Å²) in [6.07, 6.45) is 1.91. The number of rotatable bonds is 4. The number of carbonyl (C=O) groups is 2. The van der Waals surface area contributed by atoms with Crippen LogP contribution in [0, 0.1) is 0 Å². The minimum absolute atomic E-state index is 0.0362. The number of nitrogens with zero attached hydrogens (tertiary/aromatic N) is 2. The molecule has 4 rings (SSSR count). The monoisotopic (exact) mass is 458 g/mol. The van der Waals surface area contributed by atoms with Crippen LogP contribution in [0.1, 0.15) is 22.3 Å². The van der Waals surface area contributed by atoms with Crippen molar-refractivity contribution < 1.29 is 9.59 Å². The van der Waals surface area contributed by atoms with Gasteiger partial charge in [-0.15, -0.1) is 11.3 Å². The second kappa shape index (κ2) is 7.58. The van der Waals surface area contributed by atoms with Gasteiger partial charge < -0.3 is 0 Å². The van der Waals surface area contributed by atoms with E-state index in [9.17, 15) is 9.59 Å². The lowest BCUT2D eigenvalue weighted by Gasteiger charge is -2.16. The molecule has 4 nitrogen and oxygen atoms in total. The van der Waals surface area contributed by atoms with Crippen LogP contribution in [0.25, 0.3) is 16.3 Å². The average molecular weight is 459 g/mol. The summed E-state index contributed by atoms with van der Waals surface area (Å²) in [4.78, 5) is 31.4. The van der Waals surface area contributed by atoms with E-state index in [0.29, 0.717) is 5.56 Å². The largest absolute Gasteiger partial charge is 0.298 e. The van der Waals surface area contributed by atoms with Gasteiger partial charge in [0, 0.05) is 16.1 Å². The number of thioether (sulfide) groups is 1. The third kappa shape index (κ3) is 3.85. The number of hydrogen-bond donors (Lipinski definition) is 0. The molecular formula is C20H15BrN2O2S2. The number of carbonyl (C=O) groups excluding carboxylic acids is 2. The number of Topliss-reactive ketones (excluding diaryl/α,β-unsaturated/α-hetero) is 1. The van der Waals surface area contributed by atoms with Crippen molar-refractivity contribution in [2.45, 2.75) is 12.2 Å². The first-order chi connectivity index (χ1) is 13.0. The molecule has 1 amide bonds. The zero-order valence-electron chi connectivity index (χ0n) is 14.4. The third-order valence-corrected chi connectivity index (χ3v) is 6.85. The molecule has 1 aliphatic rings. The van der Waals surface area contributed by atoms with Crippen molar-refractivity contribution >= 4 is 67.0 Å². The predicted octanol–water partition coefficient (Wildman–Crippen LogP) is 5.20. The van der Waals surface area contributed by atoms with Gasteiger partial charge in [-0.05, 0) is 31.2 Å². The van der Waals surface area contributed by atoms with Gasteiger partial charge in [-0.2, -0.15) is 0 Å². The number of aromatic nitrogens is 1. The first kappa shape index (κ1) is 18.4. The number of amides is 1. The molecule has 2 heterocycles. The highest BCUT2D eigenvalue weighted by Gasteiger charge is 2.35. The van der Waals surface area contributed by atoms with Crippen LogP contribution in [0.15, 0.2) is 58.0 Å². The third-order valence-electron chi connectivity index (χ3n) is 4.20. The van der Waals surface area contributed by atoms with Gasteiger partial charge in [0.05, 0.1) is 27.0 Å². The number of ketones is 1. The van der Waals surface area contributed by atoms with Gasteiger partial charge in [-0.1, -0.05) is 52.0 Å². The highest BCUT2D eigenvalue weighted by molar-refractivity contribution is 9.10. The van der Waals surface area contributed by atoms with Crippen molar-refractivity contribution in [1.29, 1.82) is 0 Å². The van der Waals surface area contributed by atoms with Crippen LogP contribution in [0.5, 0.6) is 0 Å². The molecule has 7 heteroatoms. The normalized spacial score (nSPS) is 18.6. The Balaban J connectivity index is 1.61. The van der Waals surface area contributed by atoms with Crippen molar-refractivity contribution in [3.8, 4) is 0 Å². The Morgan fingerprint density at radius 2 is 1.96 bits per heavy atom. The van der Waals surface area contributed by atoms with E-state index in [1.807, 2.05) is 49.4 Å². The first-order valence-electron chi connectivity index (χ1n) is 8.35. The maximum atomic E-state index is 12.6. The summed E-state index contributed by atoms with van der Waals surface area (Å²) in [5.74, 6) is -0.126. The fourth-order valence-corrected chi connectivity index (χ4v) is 5.11. The van der Waals surface area contributed by atoms with Gasteiger partial charge in [0.2, 0.25) is 5.91 Å². The van der Waals surface area contributed by atoms with Crippen molar-refractivity contribution in [1.82, 2.24) is 9.88 Å². The number of hydrogen-bond acceptors (Lipinski definition) is 5. The zero-order valence-corrected chi connectivity index (χ0v) is 17.6. The van der Waals surface area contributed by atoms with Gasteiger partial charge in [-0.3, -0.25) is 14.5 Å². The molecule has 1 atom stereocenters. The second-order valence-corrected chi connectivity index (χ2v) is 9.46. The van der Waals surface area contributed by atoms with Crippen LogP contribution in [-0.2, 0) is 4.79 Å². The SMILES string of the molecule is CC1S/C(=C\c2nc3ccccc3s2)N(CC(=O)c2ccc(Br)cc2)C1=O. The molecular weight excluding hydrogens is 444 g/mol. The quantitative estimate of drug-likeness (QED) is 0.503. The van der Waals surface area contributed by atoms with Crippen LogP contribution in [-0.4, -0.2) is 33.4 Å². The Labute approximate surface area is 173 Å². The van der Waals surface area contributed by atoms with Gasteiger partial charge in [0.1, 0.15) is 5.01 Å². The van der Waals surface area contributed by atoms with E-state index in [4.69, 9.17) is 0 Å². The van der Waals surface area contributed by atoms with Crippen molar-refractivity contribution in [3.63, 3.8) is 0 Å². The minimum Gasteiger partial charge on any atom is -0.298 e. The van der Waals surface area contributed by atoms with Crippen molar-refractivity contribution in [2.75, 3.05) is 6.54 Å². The predicted molar refractivity (Wildman–Crippen MR) is 115 cm³/mol. The maximum absolute atomic E-state index is 12.6. The molecule has 1 saturated heterocycles. The molecule has 2 aromatic carbocycles. The Hall–Kier alpha value is -1.96. The number of fused-ring (bicyclic) bond motifs is 1. The lowest BCUT2D eigenvalue weighted by molar-refractivity contribution is -0.126. The van der Waals surface area contributed by atoms with E-state index >= 15 is 0 Å². The zero-order chi connectivity index (χ0) is 19.0. The van der Waals surface area contributed by atoms with Crippen LogP contribution >= 0.6 is 39.0 Å². The highest BCUT2D eigenvalue weighted by Crippen LogP contribution is 2.37. The summed E-state index contributed by atoms with van der Waals surface area (Å²) in [6.45, 7) is 1.90. The maximum Gasteiger partial charge on any atom is 0.241 e. The van der Waals surface area contributed by atoms with Crippen LogP contribution in [0.2, 0.25) is 0 Å². The van der Waals surface area contributed by atoms with Crippen LogP contribution in [0.4, 0.5) is 0 Å². The van der Waals surface area contributed by atoms with E-state index in [2.05, 4.69) is 20.9 Å². The summed E-state index contributed by atoms with van der Waals surface area (Å²) < 4.78 is 2.01. The number of benzene rings is 2. The lowest BCUT2D eigenvalue weighted by Crippen LogP contribution is -2.32. The average Bonchev–Trinajstić information content (AvgIpc) is 3.18. The van der Waals surface area contributed by atoms with E-state index in [1.54, 1.807) is 28.4 Å². The summed E-state index contributed by atoms with van der Waals surface area (Å²) in [5.41, 5.74) is 1.53. The fourth-order valence-electron chi connectivity index (χ4n) is 2.82. The molecule has 1 aromatic heterocycles. The Kier molecular flexibility index (Phi) is 5.16. The molecule has 1 fully saturated rings. The second-order valence-electron chi connectivity index (χ2n) is 6.12. The topological polar surface area (TPSA) is 50.3 Å². The Morgan fingerprint density at radius 3 is 2.70 bits per heavy atom. The molecule has 0 aliphatic carbocycles. The van der Waals surface area contributed by atoms with E-state index in [1.165, 1.54) is 11.8 Å². The molecule has 1 unspecified atom stereocenters. The van der Waals surface area contributed by atoms with E-state index < -0.39 is 0 Å². The molecule has 0 N–H and O–H groups in total. The molecule has 0 saturated carbocycles. The van der Waals surface area contributed by atoms with Gasteiger partial charge in [-0.25, -0.2) is 4.98 Å². The molecule has 0 radical (unpaired) electrons. The van der Waals surface area contributed by atoms with Gasteiger partial charge >= 0.3 is 0 Å². The smallest absolute Gasteiger partial charge is 0.241 e. The number of para-hydroxylation sites is 1. The van der Waals surface area contributed by atoms with Crippen molar-refractivity contribution in [3.05, 3.63) is 68.6 Å². The molecule has 136 valence electrons. The summed E-state index contributed by atoms with van der Waals surface area (Å²) in [7, 11) is 0. The standard InChI is InChI=1S/C20H15BrN2O2S2/c1-12-20(25)23(11-16(24)13-6-8-14(21)9-7-13)19(26-12)10-18-22-15-4-2-3-5-17(15)27-18/h2-10,12H,11H2,1H3/b19-10-. The first-order valence-corrected chi connectivity index (χ1v) is 10.8. The summed E-state index contributed by atoms with van der Waals surface area (Å²) in [5, 5.41) is 1.40. The van der Waals surface area contributed by atoms with Gasteiger partial charge in [0.15, 0.2) is 5.78 Å². The molecule has 0 bridgehead atoms. The lowest BCUT2D eigenvalue weighted by atomic mass is 10.1. The summed E-state index contributed by atoms with van der Waals surface area (Å²) >= 11 is 6.41. The summed E-state index contributed by atoms with van der Waals surface area (Å²) in [6, 6.07) is 15.1. The molecule has 3 aromatic rings. The number of thiazole rings is 1. The van der Waals surface area contributed by atoms with E-state index in [0.717, 1.165) is 24.7 Å². The van der Waals surface area contributed by atoms with Crippen LogP contribution in [0.3, 0.4) is 0 Å². The molecule has 0 spiro atoms. The molecule has 27 heavy (non-hydrogen) atoms. The fraction of sp³-hybridized carbons (Fsp3) is 0.150. The number of halogens is 1. The van der Waals surface area contributed by atoms with Crippen molar-refractivity contribution in [2.24, 2.45) is 0 Å². The Bertz CT molecular complexity index is 1030.